The van der Waals surface area contributed by atoms with Crippen LogP contribution in [0.4, 0.5) is 0 Å². The molecule has 0 bridgehead atoms. The van der Waals surface area contributed by atoms with E-state index in [0.29, 0.717) is 0 Å². The van der Waals surface area contributed by atoms with Crippen LogP contribution in [0.25, 0.3) is 0 Å². The first kappa shape index (κ1) is 7.28. The molecule has 0 saturated heterocycles. The molecule has 1 heterocycles. The standard InChI is InChI=1S/C7H13N3/c1-5-4-6(2)10-7(3,8)9-5/h4,9H,8H2,1-3H3. The summed E-state index contributed by atoms with van der Waals surface area (Å²) in [6.45, 7) is 5.76. The maximum atomic E-state index is 5.72. The Morgan fingerprint density at radius 3 is 2.60 bits per heavy atom. The van der Waals surface area contributed by atoms with Gasteiger partial charge in [0.25, 0.3) is 0 Å². The quantitative estimate of drug-likeness (QED) is 0.516. The zero-order valence-electron chi connectivity index (χ0n) is 6.60. The molecule has 1 atom stereocenters. The lowest BCUT2D eigenvalue weighted by atomic mass is 10.2. The van der Waals surface area contributed by atoms with E-state index in [2.05, 4.69) is 10.3 Å². The summed E-state index contributed by atoms with van der Waals surface area (Å²) in [5.41, 5.74) is 7.76. The Kier molecular flexibility index (Phi) is 1.52. The molecule has 0 aliphatic carbocycles. The van der Waals surface area contributed by atoms with Crippen molar-refractivity contribution in [3.8, 4) is 0 Å². The van der Waals surface area contributed by atoms with Gasteiger partial charge in [-0.05, 0) is 26.8 Å². The Morgan fingerprint density at radius 2 is 2.20 bits per heavy atom. The Labute approximate surface area is 61.0 Å². The minimum Gasteiger partial charge on any atom is -0.353 e. The number of nitrogens with zero attached hydrogens (tertiary/aromatic N) is 1. The number of hydrogen-bond acceptors (Lipinski definition) is 3. The third-order valence-corrected chi connectivity index (χ3v) is 1.28. The zero-order valence-corrected chi connectivity index (χ0v) is 6.60. The van der Waals surface area contributed by atoms with E-state index in [-0.39, 0.29) is 0 Å². The van der Waals surface area contributed by atoms with Gasteiger partial charge in [-0.15, -0.1) is 0 Å². The second-order valence-electron chi connectivity index (χ2n) is 2.85. The van der Waals surface area contributed by atoms with Crippen molar-refractivity contribution in [2.24, 2.45) is 10.7 Å². The summed E-state index contributed by atoms with van der Waals surface area (Å²) in [6.07, 6.45) is 1.97. The van der Waals surface area contributed by atoms with Crippen LogP contribution in [0.15, 0.2) is 16.8 Å². The van der Waals surface area contributed by atoms with Gasteiger partial charge in [0.1, 0.15) is 0 Å². The van der Waals surface area contributed by atoms with E-state index in [4.69, 9.17) is 5.73 Å². The number of aliphatic imine (C=N–C) groups is 1. The van der Waals surface area contributed by atoms with Crippen LogP contribution in [0.5, 0.6) is 0 Å². The molecular weight excluding hydrogens is 126 g/mol. The minimum atomic E-state index is -0.608. The zero-order chi connectivity index (χ0) is 7.78. The largest absolute Gasteiger partial charge is 0.353 e. The number of nitrogens with two attached hydrogens (primary N) is 1. The SMILES string of the molecule is CC1=CC(C)=NC(C)(N)N1. The molecule has 0 saturated carbocycles. The van der Waals surface area contributed by atoms with Gasteiger partial charge >= 0.3 is 0 Å². The first-order valence-electron chi connectivity index (χ1n) is 3.31. The average Bonchev–Trinajstić information content (AvgIpc) is 1.54. The molecule has 0 aromatic carbocycles. The van der Waals surface area contributed by atoms with Crippen LogP contribution in [0.1, 0.15) is 20.8 Å². The topological polar surface area (TPSA) is 50.4 Å². The molecule has 3 nitrogen and oxygen atoms in total. The predicted molar refractivity (Wildman–Crippen MR) is 42.6 cm³/mol. The molecular formula is C7H13N3. The number of hydrogen-bond donors (Lipinski definition) is 2. The van der Waals surface area contributed by atoms with Gasteiger partial charge < -0.3 is 5.32 Å². The molecule has 0 aromatic rings. The maximum absolute atomic E-state index is 5.72. The lowest BCUT2D eigenvalue weighted by molar-refractivity contribution is 0.420. The monoisotopic (exact) mass is 139 g/mol. The van der Waals surface area contributed by atoms with Crippen LogP contribution in [0.3, 0.4) is 0 Å². The molecule has 1 aliphatic heterocycles. The van der Waals surface area contributed by atoms with Crippen molar-refractivity contribution < 1.29 is 0 Å². The van der Waals surface area contributed by atoms with E-state index in [1.54, 1.807) is 0 Å². The van der Waals surface area contributed by atoms with E-state index in [0.717, 1.165) is 11.4 Å². The summed E-state index contributed by atoms with van der Waals surface area (Å²) in [7, 11) is 0. The second kappa shape index (κ2) is 2.09. The third-order valence-electron chi connectivity index (χ3n) is 1.28. The van der Waals surface area contributed by atoms with E-state index >= 15 is 0 Å². The van der Waals surface area contributed by atoms with Gasteiger partial charge in [0.05, 0.1) is 0 Å². The molecule has 0 radical (unpaired) electrons. The molecule has 10 heavy (non-hydrogen) atoms. The molecule has 1 unspecified atom stereocenters. The van der Waals surface area contributed by atoms with Gasteiger partial charge in [-0.2, -0.15) is 0 Å². The van der Waals surface area contributed by atoms with Crippen LogP contribution < -0.4 is 11.1 Å². The van der Waals surface area contributed by atoms with Crippen molar-refractivity contribution in [1.82, 2.24) is 5.32 Å². The molecule has 0 amide bonds. The summed E-state index contributed by atoms with van der Waals surface area (Å²) in [4.78, 5) is 4.17. The fraction of sp³-hybridized carbons (Fsp3) is 0.571. The van der Waals surface area contributed by atoms with Gasteiger partial charge in [-0.3, -0.25) is 5.73 Å². The van der Waals surface area contributed by atoms with Gasteiger partial charge in [-0.25, -0.2) is 4.99 Å². The smallest absolute Gasteiger partial charge is 0.179 e. The van der Waals surface area contributed by atoms with Crippen molar-refractivity contribution in [3.05, 3.63) is 11.8 Å². The second-order valence-corrected chi connectivity index (χ2v) is 2.85. The normalized spacial score (nSPS) is 32.4. The third kappa shape index (κ3) is 1.57. The Hall–Kier alpha value is -0.830. The fourth-order valence-electron chi connectivity index (χ4n) is 1.18. The summed E-state index contributed by atoms with van der Waals surface area (Å²) >= 11 is 0. The number of allylic oxidation sites excluding steroid dienone is 2. The Morgan fingerprint density at radius 1 is 1.60 bits per heavy atom. The highest BCUT2D eigenvalue weighted by Crippen LogP contribution is 2.07. The summed E-state index contributed by atoms with van der Waals surface area (Å²) in [6, 6.07) is 0. The van der Waals surface area contributed by atoms with Crippen molar-refractivity contribution in [1.29, 1.82) is 0 Å². The van der Waals surface area contributed by atoms with Crippen LogP contribution >= 0.6 is 0 Å². The molecule has 56 valence electrons. The lowest BCUT2D eigenvalue weighted by Gasteiger charge is -2.27. The van der Waals surface area contributed by atoms with Crippen LogP contribution in [-0.4, -0.2) is 11.5 Å². The van der Waals surface area contributed by atoms with E-state index in [9.17, 15) is 0 Å². The summed E-state index contributed by atoms with van der Waals surface area (Å²) < 4.78 is 0. The highest BCUT2D eigenvalue weighted by atomic mass is 15.3. The number of nitrogens with one attached hydrogen (secondary N) is 1. The van der Waals surface area contributed by atoms with Gasteiger partial charge in [0.2, 0.25) is 0 Å². The van der Waals surface area contributed by atoms with Crippen molar-refractivity contribution in [2.45, 2.75) is 26.6 Å². The van der Waals surface area contributed by atoms with Crippen LogP contribution in [-0.2, 0) is 0 Å². The molecule has 0 spiro atoms. The van der Waals surface area contributed by atoms with Crippen molar-refractivity contribution in [3.63, 3.8) is 0 Å². The number of rotatable bonds is 0. The van der Waals surface area contributed by atoms with E-state index < -0.39 is 5.79 Å². The maximum Gasteiger partial charge on any atom is 0.179 e. The fourth-order valence-corrected chi connectivity index (χ4v) is 1.18. The van der Waals surface area contributed by atoms with Crippen LogP contribution in [0.2, 0.25) is 0 Å². The minimum absolute atomic E-state index is 0.608. The van der Waals surface area contributed by atoms with Crippen LogP contribution in [0, 0.1) is 0 Å². The molecule has 3 heteroatoms. The van der Waals surface area contributed by atoms with Gasteiger partial charge in [-0.1, -0.05) is 0 Å². The first-order valence-corrected chi connectivity index (χ1v) is 3.31. The Bertz CT molecular complexity index is 201. The Balaban J connectivity index is 2.88. The average molecular weight is 139 g/mol. The van der Waals surface area contributed by atoms with E-state index in [1.165, 1.54) is 0 Å². The molecule has 3 N–H and O–H groups in total. The van der Waals surface area contributed by atoms with E-state index in [1.807, 2.05) is 26.8 Å². The molecule has 0 aromatic heterocycles. The highest BCUT2D eigenvalue weighted by molar-refractivity contribution is 5.94. The summed E-state index contributed by atoms with van der Waals surface area (Å²) in [5.74, 6) is -0.608. The van der Waals surface area contributed by atoms with Gasteiger partial charge in [0.15, 0.2) is 5.79 Å². The molecule has 1 aliphatic rings. The predicted octanol–water partition coefficient (Wildman–Crippen LogP) is 0.587. The summed E-state index contributed by atoms with van der Waals surface area (Å²) in [5, 5.41) is 3.04. The molecule has 0 fully saturated rings. The van der Waals surface area contributed by atoms with Gasteiger partial charge in [0, 0.05) is 11.4 Å². The lowest BCUT2D eigenvalue weighted by Crippen LogP contribution is -2.50. The van der Waals surface area contributed by atoms with Crippen molar-refractivity contribution >= 4 is 5.71 Å². The van der Waals surface area contributed by atoms with Crippen molar-refractivity contribution in [2.75, 3.05) is 0 Å². The first-order chi connectivity index (χ1) is 4.49. The highest BCUT2D eigenvalue weighted by Gasteiger charge is 2.18. The molecule has 1 rings (SSSR count).